The lowest BCUT2D eigenvalue weighted by atomic mass is 9.89. The first kappa shape index (κ1) is 23.9. The van der Waals surface area contributed by atoms with E-state index in [0.717, 1.165) is 25.1 Å². The van der Waals surface area contributed by atoms with Crippen LogP contribution in [-0.4, -0.2) is 62.9 Å². The van der Waals surface area contributed by atoms with E-state index >= 15 is 0 Å². The van der Waals surface area contributed by atoms with E-state index in [2.05, 4.69) is 24.1 Å². The molecule has 0 aromatic heterocycles. The van der Waals surface area contributed by atoms with Gasteiger partial charge in [0.2, 0.25) is 15.9 Å². The van der Waals surface area contributed by atoms with Gasteiger partial charge in [0.05, 0.1) is 18.1 Å². The molecule has 0 bridgehead atoms. The van der Waals surface area contributed by atoms with Crippen LogP contribution in [0.4, 0.5) is 5.69 Å². The van der Waals surface area contributed by atoms with Gasteiger partial charge in [-0.1, -0.05) is 50.2 Å². The maximum Gasteiger partial charge on any atom is 0.246 e. The van der Waals surface area contributed by atoms with Crippen LogP contribution in [0.2, 0.25) is 0 Å². The molecular weight excluding hydrogens is 438 g/mol. The molecule has 2 fully saturated rings. The van der Waals surface area contributed by atoms with Crippen LogP contribution in [0.15, 0.2) is 59.5 Å². The van der Waals surface area contributed by atoms with Crippen molar-refractivity contribution >= 4 is 21.6 Å². The van der Waals surface area contributed by atoms with Crippen LogP contribution in [0, 0.1) is 11.8 Å². The Morgan fingerprint density at radius 1 is 1.00 bits per heavy atom. The summed E-state index contributed by atoms with van der Waals surface area (Å²) >= 11 is 0. The van der Waals surface area contributed by atoms with Crippen molar-refractivity contribution in [1.82, 2.24) is 9.21 Å². The third-order valence-corrected chi connectivity index (χ3v) is 8.23. The molecule has 33 heavy (non-hydrogen) atoms. The number of carbonyl (C=O) groups excluding carboxylic acids is 1. The normalized spacial score (nSPS) is 23.7. The number of hydrogen-bond acceptors (Lipinski definition) is 5. The van der Waals surface area contributed by atoms with Gasteiger partial charge in [-0.3, -0.25) is 9.69 Å². The van der Waals surface area contributed by atoms with E-state index in [0.29, 0.717) is 43.8 Å². The summed E-state index contributed by atoms with van der Waals surface area (Å²) in [6.45, 7) is 7.60. The van der Waals surface area contributed by atoms with Crippen LogP contribution in [0.5, 0.6) is 0 Å². The summed E-state index contributed by atoms with van der Waals surface area (Å²) in [4.78, 5) is 16.0. The SMILES string of the molecule is CC1CC(C)CN(C(C(=O)Nc2cccc(S(=O)(=O)N3CCOCC3)c2)c2ccccc2)C1. The van der Waals surface area contributed by atoms with E-state index in [4.69, 9.17) is 4.74 Å². The minimum atomic E-state index is -3.64. The van der Waals surface area contributed by atoms with Crippen molar-refractivity contribution in [3.63, 3.8) is 0 Å². The number of piperidine rings is 1. The predicted octanol–water partition coefficient (Wildman–Crippen LogP) is 3.37. The molecule has 1 N–H and O–H groups in total. The molecule has 3 atom stereocenters. The molecule has 7 nitrogen and oxygen atoms in total. The van der Waals surface area contributed by atoms with Crippen LogP contribution >= 0.6 is 0 Å². The fourth-order valence-corrected chi connectivity index (χ4v) is 6.42. The summed E-state index contributed by atoms with van der Waals surface area (Å²) < 4.78 is 32.8. The van der Waals surface area contributed by atoms with Crippen molar-refractivity contribution in [1.29, 1.82) is 0 Å². The van der Waals surface area contributed by atoms with Crippen LogP contribution in [0.25, 0.3) is 0 Å². The number of likely N-dealkylation sites (tertiary alicyclic amines) is 1. The third kappa shape index (κ3) is 5.63. The molecule has 0 aliphatic carbocycles. The second kappa shape index (κ2) is 10.3. The van der Waals surface area contributed by atoms with Crippen molar-refractivity contribution in [2.24, 2.45) is 11.8 Å². The summed E-state index contributed by atoms with van der Waals surface area (Å²) in [5.74, 6) is 0.868. The Balaban J connectivity index is 1.58. The largest absolute Gasteiger partial charge is 0.379 e. The third-order valence-electron chi connectivity index (χ3n) is 6.34. The molecule has 1 amide bonds. The molecule has 178 valence electrons. The second-order valence-corrected chi connectivity index (χ2v) is 11.2. The lowest BCUT2D eigenvalue weighted by Crippen LogP contribution is -2.45. The fraction of sp³-hybridized carbons (Fsp3) is 0.480. The van der Waals surface area contributed by atoms with E-state index in [1.807, 2.05) is 30.3 Å². The van der Waals surface area contributed by atoms with Gasteiger partial charge in [0.15, 0.2) is 0 Å². The monoisotopic (exact) mass is 471 g/mol. The number of nitrogens with one attached hydrogen (secondary N) is 1. The van der Waals surface area contributed by atoms with E-state index < -0.39 is 16.1 Å². The van der Waals surface area contributed by atoms with Gasteiger partial charge in [-0.15, -0.1) is 0 Å². The first-order chi connectivity index (χ1) is 15.8. The Bertz CT molecular complexity index is 1040. The number of ether oxygens (including phenoxy) is 1. The summed E-state index contributed by atoms with van der Waals surface area (Å²) in [6, 6.07) is 15.9. The number of sulfonamides is 1. The Morgan fingerprint density at radius 2 is 1.67 bits per heavy atom. The van der Waals surface area contributed by atoms with E-state index in [9.17, 15) is 13.2 Å². The molecule has 0 radical (unpaired) electrons. The molecule has 2 aromatic rings. The maximum absolute atomic E-state index is 13.6. The zero-order chi connectivity index (χ0) is 23.4. The topological polar surface area (TPSA) is 79.0 Å². The summed E-state index contributed by atoms with van der Waals surface area (Å²) in [5.41, 5.74) is 1.42. The van der Waals surface area contributed by atoms with Crippen LogP contribution in [-0.2, 0) is 19.6 Å². The van der Waals surface area contributed by atoms with Gasteiger partial charge in [0.1, 0.15) is 6.04 Å². The lowest BCUT2D eigenvalue weighted by Gasteiger charge is -2.39. The molecule has 2 aromatic carbocycles. The molecule has 2 aliphatic rings. The fourth-order valence-electron chi connectivity index (χ4n) is 4.97. The van der Waals surface area contributed by atoms with Crippen molar-refractivity contribution in [3.05, 3.63) is 60.2 Å². The van der Waals surface area contributed by atoms with Crippen LogP contribution in [0.3, 0.4) is 0 Å². The zero-order valence-electron chi connectivity index (χ0n) is 19.3. The highest BCUT2D eigenvalue weighted by atomic mass is 32.2. The average molecular weight is 472 g/mol. The number of rotatable bonds is 6. The van der Waals surface area contributed by atoms with Gasteiger partial charge in [-0.05, 0) is 42.0 Å². The number of anilines is 1. The number of carbonyl (C=O) groups is 1. The first-order valence-corrected chi connectivity index (χ1v) is 13.1. The zero-order valence-corrected chi connectivity index (χ0v) is 20.1. The Kier molecular flexibility index (Phi) is 7.48. The number of morpholine rings is 1. The Hall–Kier alpha value is -2.26. The van der Waals surface area contributed by atoms with Gasteiger partial charge < -0.3 is 10.1 Å². The number of nitrogens with zero attached hydrogens (tertiary/aromatic N) is 2. The lowest BCUT2D eigenvalue weighted by molar-refractivity contribution is -0.122. The van der Waals surface area contributed by atoms with Crippen molar-refractivity contribution in [3.8, 4) is 0 Å². The molecule has 4 rings (SSSR count). The van der Waals surface area contributed by atoms with E-state index in [1.54, 1.807) is 24.3 Å². The molecule has 3 unspecified atom stereocenters. The highest BCUT2D eigenvalue weighted by Gasteiger charge is 2.33. The molecule has 8 heteroatoms. The summed E-state index contributed by atoms with van der Waals surface area (Å²) in [5, 5.41) is 2.99. The second-order valence-electron chi connectivity index (χ2n) is 9.25. The molecular formula is C25H33N3O4S. The predicted molar refractivity (Wildman–Crippen MR) is 128 cm³/mol. The van der Waals surface area contributed by atoms with Crippen molar-refractivity contribution in [2.45, 2.75) is 31.2 Å². The van der Waals surface area contributed by atoms with Gasteiger partial charge in [0, 0.05) is 31.9 Å². The Labute approximate surface area is 196 Å². The quantitative estimate of drug-likeness (QED) is 0.699. The number of hydrogen-bond donors (Lipinski definition) is 1. The van der Waals surface area contributed by atoms with Crippen LogP contribution < -0.4 is 5.32 Å². The van der Waals surface area contributed by atoms with E-state index in [1.165, 1.54) is 4.31 Å². The molecule has 2 saturated heterocycles. The molecule has 2 heterocycles. The first-order valence-electron chi connectivity index (χ1n) is 11.6. The van der Waals surface area contributed by atoms with Gasteiger partial charge in [-0.25, -0.2) is 8.42 Å². The van der Waals surface area contributed by atoms with E-state index in [-0.39, 0.29) is 10.8 Å². The number of benzene rings is 2. The average Bonchev–Trinajstić information content (AvgIpc) is 2.80. The molecule has 2 aliphatic heterocycles. The standard InChI is InChI=1S/C25H33N3O4S/c1-19-15-20(2)18-27(17-19)24(21-7-4-3-5-8-21)25(29)26-22-9-6-10-23(16-22)33(30,31)28-11-13-32-14-12-28/h3-10,16,19-20,24H,11-15,17-18H2,1-2H3,(H,26,29). The van der Waals surface area contributed by atoms with Gasteiger partial charge in [-0.2, -0.15) is 4.31 Å². The smallest absolute Gasteiger partial charge is 0.246 e. The van der Waals surface area contributed by atoms with Crippen molar-refractivity contribution in [2.75, 3.05) is 44.7 Å². The summed E-state index contributed by atoms with van der Waals surface area (Å²) in [7, 11) is -3.64. The highest BCUT2D eigenvalue weighted by Crippen LogP contribution is 2.31. The molecule has 0 saturated carbocycles. The minimum absolute atomic E-state index is 0.150. The number of amides is 1. The van der Waals surface area contributed by atoms with Crippen LogP contribution in [0.1, 0.15) is 31.9 Å². The Morgan fingerprint density at radius 3 is 2.33 bits per heavy atom. The van der Waals surface area contributed by atoms with Gasteiger partial charge >= 0.3 is 0 Å². The highest BCUT2D eigenvalue weighted by molar-refractivity contribution is 7.89. The van der Waals surface area contributed by atoms with Crippen molar-refractivity contribution < 1.29 is 17.9 Å². The maximum atomic E-state index is 13.6. The van der Waals surface area contributed by atoms with Gasteiger partial charge in [0.25, 0.3) is 0 Å². The minimum Gasteiger partial charge on any atom is -0.379 e. The molecule has 0 spiro atoms. The summed E-state index contributed by atoms with van der Waals surface area (Å²) in [6.07, 6.45) is 1.15.